The third-order valence-corrected chi connectivity index (χ3v) is 1.84. The zero-order valence-electron chi connectivity index (χ0n) is 8.79. The second kappa shape index (κ2) is 5.34. The van der Waals surface area contributed by atoms with Crippen molar-refractivity contribution < 1.29 is 18.0 Å². The highest BCUT2D eigenvalue weighted by Gasteiger charge is 2.30. The Bertz CT molecular complexity index is 449. The molecule has 0 atom stereocenters. The lowest BCUT2D eigenvalue weighted by molar-refractivity contribution is -0.137. The molecule has 1 rings (SSSR count). The fourth-order valence-corrected chi connectivity index (χ4v) is 1.11. The van der Waals surface area contributed by atoms with Gasteiger partial charge >= 0.3 is 6.18 Å². The van der Waals surface area contributed by atoms with Gasteiger partial charge in [-0.15, -0.1) is 0 Å². The highest BCUT2D eigenvalue weighted by atomic mass is 19.4. The second-order valence-electron chi connectivity index (χ2n) is 3.16. The average molecular weight is 241 g/mol. The molecule has 0 aliphatic carbocycles. The largest absolute Gasteiger partial charge is 0.416 e. The van der Waals surface area contributed by atoms with E-state index < -0.39 is 17.6 Å². The van der Waals surface area contributed by atoms with E-state index in [0.29, 0.717) is 0 Å². The van der Waals surface area contributed by atoms with Crippen molar-refractivity contribution in [2.24, 2.45) is 0 Å². The first kappa shape index (κ1) is 13.0. The highest BCUT2D eigenvalue weighted by molar-refractivity contribution is 5.99. The van der Waals surface area contributed by atoms with Crippen molar-refractivity contribution in [3.8, 4) is 0 Å². The molecule has 0 aliphatic rings. The molecule has 1 aromatic carbocycles. The number of hydrogen-bond donors (Lipinski definition) is 1. The molecule has 0 heterocycles. The van der Waals surface area contributed by atoms with Gasteiger partial charge in [-0.3, -0.25) is 4.79 Å². The van der Waals surface area contributed by atoms with E-state index in [-0.39, 0.29) is 5.69 Å². The Morgan fingerprint density at radius 1 is 1.35 bits per heavy atom. The van der Waals surface area contributed by atoms with Crippen LogP contribution in [0.2, 0.25) is 0 Å². The van der Waals surface area contributed by atoms with Crippen molar-refractivity contribution in [2.75, 3.05) is 5.32 Å². The molecule has 0 aromatic heterocycles. The second-order valence-corrected chi connectivity index (χ2v) is 3.16. The Morgan fingerprint density at radius 2 is 2.06 bits per heavy atom. The van der Waals surface area contributed by atoms with E-state index in [1.165, 1.54) is 30.4 Å². The van der Waals surface area contributed by atoms with Crippen LogP contribution in [0.3, 0.4) is 0 Å². The zero-order chi connectivity index (χ0) is 12.9. The lowest BCUT2D eigenvalue weighted by Crippen LogP contribution is -2.10. The Kier molecular flexibility index (Phi) is 4.09. The first-order valence-corrected chi connectivity index (χ1v) is 4.71. The van der Waals surface area contributed by atoms with Crippen LogP contribution in [0.15, 0.2) is 49.1 Å². The quantitative estimate of drug-likeness (QED) is 0.637. The molecule has 0 bridgehead atoms. The molecule has 90 valence electrons. The van der Waals surface area contributed by atoms with Crippen molar-refractivity contribution in [1.29, 1.82) is 0 Å². The summed E-state index contributed by atoms with van der Waals surface area (Å²) in [4.78, 5) is 11.2. The van der Waals surface area contributed by atoms with Crippen LogP contribution in [-0.2, 0) is 11.0 Å². The molecule has 0 radical (unpaired) electrons. The van der Waals surface area contributed by atoms with E-state index in [1.54, 1.807) is 0 Å². The third-order valence-electron chi connectivity index (χ3n) is 1.84. The highest BCUT2D eigenvalue weighted by Crippen LogP contribution is 2.30. The van der Waals surface area contributed by atoms with Crippen LogP contribution in [0.25, 0.3) is 0 Å². The van der Waals surface area contributed by atoms with Gasteiger partial charge in [0, 0.05) is 11.8 Å². The molecule has 5 heteroatoms. The maximum Gasteiger partial charge on any atom is 0.416 e. The maximum atomic E-state index is 12.4. The molecule has 0 saturated carbocycles. The molecule has 0 aliphatic heterocycles. The van der Waals surface area contributed by atoms with Gasteiger partial charge in [-0.25, -0.2) is 0 Å². The van der Waals surface area contributed by atoms with Crippen molar-refractivity contribution in [3.63, 3.8) is 0 Å². The van der Waals surface area contributed by atoms with Gasteiger partial charge in [-0.1, -0.05) is 24.8 Å². The van der Waals surface area contributed by atoms with Crippen molar-refractivity contribution in [1.82, 2.24) is 0 Å². The SMILES string of the molecule is C=CC=CC(=O)Nc1cccc(C(F)(F)F)c1. The number of amides is 1. The molecule has 0 saturated heterocycles. The van der Waals surface area contributed by atoms with E-state index in [0.717, 1.165) is 12.1 Å². The summed E-state index contributed by atoms with van der Waals surface area (Å²) in [5.74, 6) is -0.510. The first-order chi connectivity index (χ1) is 7.93. The van der Waals surface area contributed by atoms with Crippen LogP contribution in [0.1, 0.15) is 5.56 Å². The van der Waals surface area contributed by atoms with Crippen molar-refractivity contribution in [2.45, 2.75) is 6.18 Å². The molecular formula is C12H10F3NO. The van der Waals surface area contributed by atoms with Crippen LogP contribution in [-0.4, -0.2) is 5.91 Å². The van der Waals surface area contributed by atoms with E-state index in [4.69, 9.17) is 0 Å². The van der Waals surface area contributed by atoms with Crippen LogP contribution in [0.4, 0.5) is 18.9 Å². The van der Waals surface area contributed by atoms with Crippen LogP contribution < -0.4 is 5.32 Å². The van der Waals surface area contributed by atoms with Gasteiger partial charge in [0.15, 0.2) is 0 Å². The van der Waals surface area contributed by atoms with Gasteiger partial charge in [0.05, 0.1) is 5.56 Å². The Balaban J connectivity index is 2.83. The topological polar surface area (TPSA) is 29.1 Å². The van der Waals surface area contributed by atoms with E-state index in [9.17, 15) is 18.0 Å². The summed E-state index contributed by atoms with van der Waals surface area (Å²) >= 11 is 0. The molecule has 1 amide bonds. The number of rotatable bonds is 3. The molecule has 0 spiro atoms. The monoisotopic (exact) mass is 241 g/mol. The molecule has 0 fully saturated rings. The number of carbonyl (C=O) groups is 1. The Hall–Kier alpha value is -2.04. The minimum Gasteiger partial charge on any atom is -0.322 e. The molecule has 2 nitrogen and oxygen atoms in total. The number of allylic oxidation sites excluding steroid dienone is 2. The number of nitrogens with one attached hydrogen (secondary N) is 1. The lowest BCUT2D eigenvalue weighted by atomic mass is 10.2. The van der Waals surface area contributed by atoms with Gasteiger partial charge in [0.1, 0.15) is 0 Å². The molecular weight excluding hydrogens is 231 g/mol. The predicted molar refractivity (Wildman–Crippen MR) is 59.4 cm³/mol. The van der Waals surface area contributed by atoms with Gasteiger partial charge in [-0.2, -0.15) is 13.2 Å². The van der Waals surface area contributed by atoms with Crippen LogP contribution >= 0.6 is 0 Å². The fourth-order valence-electron chi connectivity index (χ4n) is 1.11. The third kappa shape index (κ3) is 4.14. The summed E-state index contributed by atoms with van der Waals surface area (Å²) in [6.45, 7) is 3.37. The summed E-state index contributed by atoms with van der Waals surface area (Å²) in [5.41, 5.74) is -0.707. The zero-order valence-corrected chi connectivity index (χ0v) is 8.79. The van der Waals surface area contributed by atoms with Crippen molar-refractivity contribution >= 4 is 11.6 Å². The number of halogens is 3. The first-order valence-electron chi connectivity index (χ1n) is 4.71. The minimum absolute atomic E-state index is 0.0959. The summed E-state index contributed by atoms with van der Waals surface area (Å²) in [7, 11) is 0. The minimum atomic E-state index is -4.42. The molecule has 1 N–H and O–H groups in total. The summed E-state index contributed by atoms with van der Waals surface area (Å²) < 4.78 is 37.1. The van der Waals surface area contributed by atoms with Crippen LogP contribution in [0, 0.1) is 0 Å². The normalized spacial score (nSPS) is 11.5. The Morgan fingerprint density at radius 3 is 2.65 bits per heavy atom. The molecule has 1 aromatic rings. The number of anilines is 1. The molecule has 0 unspecified atom stereocenters. The van der Waals surface area contributed by atoms with Gasteiger partial charge < -0.3 is 5.32 Å². The maximum absolute atomic E-state index is 12.4. The average Bonchev–Trinajstić information content (AvgIpc) is 2.25. The standard InChI is InChI=1S/C12H10F3NO/c1-2-3-7-11(17)16-10-6-4-5-9(8-10)12(13,14)15/h2-8H,1H2,(H,16,17). The number of hydrogen-bond acceptors (Lipinski definition) is 1. The van der Waals surface area contributed by atoms with Crippen molar-refractivity contribution in [3.05, 3.63) is 54.6 Å². The summed E-state index contributed by atoms with van der Waals surface area (Å²) in [6, 6.07) is 4.43. The fraction of sp³-hybridized carbons (Fsp3) is 0.0833. The predicted octanol–water partition coefficient (Wildman–Crippen LogP) is 3.39. The lowest BCUT2D eigenvalue weighted by Gasteiger charge is -2.08. The van der Waals surface area contributed by atoms with Gasteiger partial charge in [-0.05, 0) is 18.2 Å². The smallest absolute Gasteiger partial charge is 0.322 e. The summed E-state index contributed by atoms with van der Waals surface area (Å²) in [6.07, 6.45) is -0.459. The van der Waals surface area contributed by atoms with Gasteiger partial charge in [0.25, 0.3) is 0 Å². The van der Waals surface area contributed by atoms with E-state index >= 15 is 0 Å². The number of benzene rings is 1. The number of alkyl halides is 3. The van der Waals surface area contributed by atoms with Crippen LogP contribution in [0.5, 0.6) is 0 Å². The molecule has 17 heavy (non-hydrogen) atoms. The van der Waals surface area contributed by atoms with Gasteiger partial charge in [0.2, 0.25) is 5.91 Å². The van der Waals surface area contributed by atoms with E-state index in [2.05, 4.69) is 11.9 Å². The summed E-state index contributed by atoms with van der Waals surface area (Å²) in [5, 5.41) is 2.32. The number of carbonyl (C=O) groups excluding carboxylic acids is 1. The van der Waals surface area contributed by atoms with E-state index in [1.807, 2.05) is 0 Å². The Labute approximate surface area is 96.4 Å².